The number of carbonyl (C=O) groups is 3. The topological polar surface area (TPSA) is 79.0 Å². The average molecular weight is 409 g/mol. The first kappa shape index (κ1) is 21.4. The number of hydrogen-bond acceptors (Lipinski definition) is 5. The molecule has 2 amide bonds. The lowest BCUT2D eigenvalue weighted by atomic mass is 10.1. The first-order valence-electron chi connectivity index (χ1n) is 9.99. The molecule has 30 heavy (non-hydrogen) atoms. The van der Waals surface area contributed by atoms with Gasteiger partial charge in [-0.3, -0.25) is 9.59 Å². The summed E-state index contributed by atoms with van der Waals surface area (Å²) in [4.78, 5) is 39.8. The summed E-state index contributed by atoms with van der Waals surface area (Å²) in [5.74, 6) is -0.813. The van der Waals surface area contributed by atoms with E-state index in [9.17, 15) is 14.4 Å². The van der Waals surface area contributed by atoms with E-state index in [0.29, 0.717) is 37.4 Å². The van der Waals surface area contributed by atoms with Gasteiger partial charge in [0.15, 0.2) is 6.61 Å². The van der Waals surface area contributed by atoms with Gasteiger partial charge in [0.2, 0.25) is 5.91 Å². The van der Waals surface area contributed by atoms with Gasteiger partial charge in [0.05, 0.1) is 11.3 Å². The summed E-state index contributed by atoms with van der Waals surface area (Å²) in [6.45, 7) is 7.13. The molecule has 0 aliphatic carbocycles. The molecule has 158 valence electrons. The van der Waals surface area contributed by atoms with Crippen molar-refractivity contribution in [1.29, 1.82) is 0 Å². The minimum Gasteiger partial charge on any atom is -0.452 e. The van der Waals surface area contributed by atoms with Gasteiger partial charge in [-0.15, -0.1) is 0 Å². The molecule has 1 fully saturated rings. The van der Waals surface area contributed by atoms with Gasteiger partial charge in [0, 0.05) is 38.8 Å². The second-order valence-electron chi connectivity index (χ2n) is 7.38. The number of amides is 2. The van der Waals surface area contributed by atoms with Gasteiger partial charge >= 0.3 is 5.97 Å². The van der Waals surface area contributed by atoms with Crippen molar-refractivity contribution in [1.82, 2.24) is 9.80 Å². The Kier molecular flexibility index (Phi) is 6.72. The summed E-state index contributed by atoms with van der Waals surface area (Å²) in [6.07, 6.45) is 0. The van der Waals surface area contributed by atoms with Crippen LogP contribution in [0, 0.1) is 13.8 Å². The number of rotatable bonds is 5. The minimum absolute atomic E-state index is 0.00137. The van der Waals surface area contributed by atoms with Crippen molar-refractivity contribution in [3.8, 4) is 0 Å². The molecule has 1 N–H and O–H groups in total. The highest BCUT2D eigenvalue weighted by molar-refractivity contribution is 5.97. The maximum absolute atomic E-state index is 12.7. The first-order valence-corrected chi connectivity index (χ1v) is 9.99. The number of esters is 1. The predicted molar refractivity (Wildman–Crippen MR) is 115 cm³/mol. The van der Waals surface area contributed by atoms with Crippen molar-refractivity contribution < 1.29 is 19.1 Å². The third kappa shape index (κ3) is 4.97. The Morgan fingerprint density at radius 3 is 2.23 bits per heavy atom. The van der Waals surface area contributed by atoms with Crippen molar-refractivity contribution >= 4 is 29.2 Å². The Morgan fingerprint density at radius 2 is 1.53 bits per heavy atom. The summed E-state index contributed by atoms with van der Waals surface area (Å²) < 4.78 is 5.30. The monoisotopic (exact) mass is 409 g/mol. The fourth-order valence-corrected chi connectivity index (χ4v) is 3.37. The van der Waals surface area contributed by atoms with Crippen molar-refractivity contribution in [3.63, 3.8) is 0 Å². The Labute approximate surface area is 176 Å². The molecular weight excluding hydrogens is 382 g/mol. The Hall–Kier alpha value is -3.35. The molecule has 0 bridgehead atoms. The number of hydrogen-bond donors (Lipinski definition) is 1. The molecule has 2 aromatic rings. The maximum atomic E-state index is 12.7. The number of nitrogens with zero attached hydrogens (tertiary/aromatic N) is 2. The van der Waals surface area contributed by atoms with Gasteiger partial charge in [0.1, 0.15) is 0 Å². The molecule has 7 heteroatoms. The van der Waals surface area contributed by atoms with Crippen LogP contribution in [0.5, 0.6) is 0 Å². The summed E-state index contributed by atoms with van der Waals surface area (Å²) in [7, 11) is 0. The zero-order valence-corrected chi connectivity index (χ0v) is 17.6. The Morgan fingerprint density at radius 1 is 0.900 bits per heavy atom. The van der Waals surface area contributed by atoms with Crippen molar-refractivity contribution in [2.45, 2.75) is 20.8 Å². The molecule has 0 unspecified atom stereocenters. The Balaban J connectivity index is 1.62. The summed E-state index contributed by atoms with van der Waals surface area (Å²) in [5.41, 5.74) is 4.15. The smallest absolute Gasteiger partial charge is 0.340 e. The van der Waals surface area contributed by atoms with Crippen molar-refractivity contribution in [2.75, 3.05) is 38.1 Å². The number of piperazine rings is 1. The molecule has 1 saturated heterocycles. The lowest BCUT2D eigenvalue weighted by Crippen LogP contribution is -2.51. The highest BCUT2D eigenvalue weighted by Gasteiger charge is 2.23. The molecule has 0 radical (unpaired) electrons. The molecule has 1 heterocycles. The van der Waals surface area contributed by atoms with Crippen LogP contribution in [-0.4, -0.2) is 60.4 Å². The number of ether oxygens (including phenoxy) is 1. The molecule has 7 nitrogen and oxygen atoms in total. The second-order valence-corrected chi connectivity index (χ2v) is 7.38. The van der Waals surface area contributed by atoms with Crippen LogP contribution in [0.15, 0.2) is 42.5 Å². The third-order valence-corrected chi connectivity index (χ3v) is 5.43. The molecular formula is C23H27N3O4. The van der Waals surface area contributed by atoms with Crippen LogP contribution in [0.25, 0.3) is 0 Å². The van der Waals surface area contributed by atoms with Crippen LogP contribution < -0.4 is 5.32 Å². The fourth-order valence-electron chi connectivity index (χ4n) is 3.37. The van der Waals surface area contributed by atoms with Gasteiger partial charge in [-0.05, 0) is 43.2 Å². The minimum atomic E-state index is -0.556. The molecule has 3 rings (SSSR count). The largest absolute Gasteiger partial charge is 0.452 e. The van der Waals surface area contributed by atoms with Crippen LogP contribution in [-0.2, 0) is 14.3 Å². The van der Waals surface area contributed by atoms with Crippen LogP contribution >= 0.6 is 0 Å². The molecule has 2 aromatic carbocycles. The molecule has 0 spiro atoms. The van der Waals surface area contributed by atoms with Crippen LogP contribution in [0.3, 0.4) is 0 Å². The van der Waals surface area contributed by atoms with E-state index in [-0.39, 0.29) is 18.4 Å². The van der Waals surface area contributed by atoms with Crippen molar-refractivity contribution in [2.24, 2.45) is 0 Å². The molecule has 1 aliphatic rings. The quantitative estimate of drug-likeness (QED) is 0.769. The zero-order valence-electron chi connectivity index (χ0n) is 17.6. The fraction of sp³-hybridized carbons (Fsp3) is 0.348. The van der Waals surface area contributed by atoms with Gasteiger partial charge in [-0.2, -0.15) is 0 Å². The highest BCUT2D eigenvalue weighted by atomic mass is 16.5. The Bertz CT molecular complexity index is 949. The number of benzene rings is 2. The highest BCUT2D eigenvalue weighted by Crippen LogP contribution is 2.25. The van der Waals surface area contributed by atoms with Crippen LogP contribution in [0.2, 0.25) is 0 Å². The number of carbonyl (C=O) groups excluding carboxylic acids is 3. The number of anilines is 2. The van der Waals surface area contributed by atoms with E-state index >= 15 is 0 Å². The van der Waals surface area contributed by atoms with Gasteiger partial charge < -0.3 is 19.9 Å². The predicted octanol–water partition coefficient (Wildman–Crippen LogP) is 2.89. The van der Waals surface area contributed by atoms with Crippen molar-refractivity contribution in [3.05, 3.63) is 59.2 Å². The summed E-state index contributed by atoms with van der Waals surface area (Å²) in [6, 6.07) is 13.0. The van der Waals surface area contributed by atoms with E-state index < -0.39 is 5.97 Å². The molecule has 0 aromatic heterocycles. The van der Waals surface area contributed by atoms with Gasteiger partial charge in [0.25, 0.3) is 5.91 Å². The van der Waals surface area contributed by atoms with Crippen LogP contribution in [0.4, 0.5) is 11.4 Å². The maximum Gasteiger partial charge on any atom is 0.340 e. The van der Waals surface area contributed by atoms with E-state index in [1.165, 1.54) is 6.92 Å². The van der Waals surface area contributed by atoms with E-state index in [2.05, 4.69) is 5.32 Å². The standard InChI is InChI=1S/C23H27N3O4/c1-16-7-6-10-20(17(16)2)24-21-9-5-4-8-19(21)23(29)30-15-22(28)26-13-11-25(12-14-26)18(3)27/h4-10,24H,11-15H2,1-3H3. The molecule has 0 atom stereocenters. The number of nitrogens with one attached hydrogen (secondary N) is 1. The van der Waals surface area contributed by atoms with Gasteiger partial charge in [-0.1, -0.05) is 24.3 Å². The number of aryl methyl sites for hydroxylation is 1. The normalized spacial score (nSPS) is 13.7. The van der Waals surface area contributed by atoms with E-state index in [0.717, 1.165) is 16.8 Å². The SMILES string of the molecule is CC(=O)N1CCN(C(=O)COC(=O)c2ccccc2Nc2cccc(C)c2C)CC1. The lowest BCUT2D eigenvalue weighted by molar-refractivity contribution is -0.140. The zero-order chi connectivity index (χ0) is 21.7. The first-order chi connectivity index (χ1) is 14.4. The number of para-hydroxylation sites is 1. The van der Waals surface area contributed by atoms with Gasteiger partial charge in [-0.25, -0.2) is 4.79 Å². The summed E-state index contributed by atoms with van der Waals surface area (Å²) in [5, 5.41) is 3.30. The molecule has 0 saturated carbocycles. The van der Waals surface area contributed by atoms with E-state index in [4.69, 9.17) is 4.74 Å². The molecule has 1 aliphatic heterocycles. The third-order valence-electron chi connectivity index (χ3n) is 5.43. The lowest BCUT2D eigenvalue weighted by Gasteiger charge is -2.34. The second kappa shape index (κ2) is 9.43. The average Bonchev–Trinajstić information content (AvgIpc) is 2.75. The van der Waals surface area contributed by atoms with E-state index in [1.807, 2.05) is 38.1 Å². The van der Waals surface area contributed by atoms with Crippen LogP contribution in [0.1, 0.15) is 28.4 Å². The van der Waals surface area contributed by atoms with E-state index in [1.54, 1.807) is 28.0 Å². The summed E-state index contributed by atoms with van der Waals surface area (Å²) >= 11 is 0.